The average molecular weight is 205 g/mol. The van der Waals surface area contributed by atoms with Crippen LogP contribution in [-0.4, -0.2) is 12.0 Å². The molecular formula is C8H10Cl2N2. The number of rotatable bonds is 2. The van der Waals surface area contributed by atoms with Crippen molar-refractivity contribution in [2.75, 3.05) is 7.05 Å². The molecule has 66 valence electrons. The van der Waals surface area contributed by atoms with Gasteiger partial charge in [-0.25, -0.2) is 4.98 Å². The van der Waals surface area contributed by atoms with Gasteiger partial charge in [-0.2, -0.15) is 0 Å². The molecule has 4 heteroatoms. The van der Waals surface area contributed by atoms with Crippen LogP contribution in [0.2, 0.25) is 10.2 Å². The minimum atomic E-state index is 0.170. The Kier molecular flexibility index (Phi) is 3.32. The quantitative estimate of drug-likeness (QED) is 0.750. The summed E-state index contributed by atoms with van der Waals surface area (Å²) >= 11 is 11.6. The molecule has 0 fully saturated rings. The van der Waals surface area contributed by atoms with Crippen LogP contribution in [0.4, 0.5) is 0 Å². The third-order valence-corrected chi connectivity index (χ3v) is 2.25. The van der Waals surface area contributed by atoms with E-state index in [9.17, 15) is 0 Å². The van der Waals surface area contributed by atoms with E-state index in [2.05, 4.69) is 10.3 Å². The van der Waals surface area contributed by atoms with Gasteiger partial charge in [0.05, 0.1) is 5.02 Å². The lowest BCUT2D eigenvalue weighted by atomic mass is 10.1. The molecule has 0 aliphatic heterocycles. The fourth-order valence-corrected chi connectivity index (χ4v) is 1.33. The van der Waals surface area contributed by atoms with E-state index in [0.29, 0.717) is 10.2 Å². The zero-order valence-electron chi connectivity index (χ0n) is 6.94. The van der Waals surface area contributed by atoms with Crippen LogP contribution in [0.15, 0.2) is 12.3 Å². The highest BCUT2D eigenvalue weighted by molar-refractivity contribution is 6.32. The van der Waals surface area contributed by atoms with E-state index in [-0.39, 0.29) is 6.04 Å². The van der Waals surface area contributed by atoms with Crippen molar-refractivity contribution in [2.45, 2.75) is 13.0 Å². The minimum absolute atomic E-state index is 0.170. The average Bonchev–Trinajstić information content (AvgIpc) is 2.08. The summed E-state index contributed by atoms with van der Waals surface area (Å²) in [6.07, 6.45) is 1.54. The van der Waals surface area contributed by atoms with Crippen molar-refractivity contribution in [1.82, 2.24) is 10.3 Å². The maximum absolute atomic E-state index is 5.86. The van der Waals surface area contributed by atoms with E-state index in [1.54, 1.807) is 0 Å². The Labute approximate surface area is 81.9 Å². The molecule has 1 N–H and O–H groups in total. The van der Waals surface area contributed by atoms with Crippen LogP contribution in [0.3, 0.4) is 0 Å². The van der Waals surface area contributed by atoms with Crippen LogP contribution in [-0.2, 0) is 0 Å². The molecule has 0 saturated carbocycles. The molecule has 0 radical (unpaired) electrons. The van der Waals surface area contributed by atoms with Crippen LogP contribution >= 0.6 is 23.2 Å². The van der Waals surface area contributed by atoms with Gasteiger partial charge in [-0.1, -0.05) is 23.2 Å². The highest BCUT2D eigenvalue weighted by Gasteiger charge is 2.08. The Morgan fingerprint density at radius 3 is 2.75 bits per heavy atom. The van der Waals surface area contributed by atoms with Crippen LogP contribution in [0.5, 0.6) is 0 Å². The largest absolute Gasteiger partial charge is 0.313 e. The molecule has 0 aromatic carbocycles. The van der Waals surface area contributed by atoms with E-state index in [0.717, 1.165) is 5.56 Å². The molecule has 0 spiro atoms. The summed E-state index contributed by atoms with van der Waals surface area (Å²) in [5, 5.41) is 4.18. The Bertz CT molecular complexity index is 276. The monoisotopic (exact) mass is 204 g/mol. The van der Waals surface area contributed by atoms with Gasteiger partial charge in [0.1, 0.15) is 5.15 Å². The number of pyridine rings is 1. The summed E-state index contributed by atoms with van der Waals surface area (Å²) in [7, 11) is 1.86. The van der Waals surface area contributed by atoms with Gasteiger partial charge < -0.3 is 5.32 Å². The highest BCUT2D eigenvalue weighted by Crippen LogP contribution is 2.23. The van der Waals surface area contributed by atoms with Crippen molar-refractivity contribution in [3.8, 4) is 0 Å². The van der Waals surface area contributed by atoms with Gasteiger partial charge in [0.2, 0.25) is 0 Å². The van der Waals surface area contributed by atoms with E-state index in [1.807, 2.05) is 20.0 Å². The number of halogens is 2. The van der Waals surface area contributed by atoms with E-state index < -0.39 is 0 Å². The number of aromatic nitrogens is 1. The van der Waals surface area contributed by atoms with Crippen LogP contribution < -0.4 is 5.32 Å². The molecule has 0 aliphatic rings. The smallest absolute Gasteiger partial charge is 0.133 e. The standard InChI is InChI=1S/C8H10Cl2N2/c1-5(11-2)7-3-6(9)4-12-8(7)10/h3-5,11H,1-2H3. The number of hydrogen-bond acceptors (Lipinski definition) is 2. The molecule has 1 heterocycles. The van der Waals surface area contributed by atoms with Gasteiger partial charge in [-0.3, -0.25) is 0 Å². The molecule has 1 rings (SSSR count). The van der Waals surface area contributed by atoms with Crippen molar-refractivity contribution in [3.05, 3.63) is 28.0 Å². The van der Waals surface area contributed by atoms with Gasteiger partial charge in [0.25, 0.3) is 0 Å². The summed E-state index contributed by atoms with van der Waals surface area (Å²) in [5.74, 6) is 0. The second-order valence-electron chi connectivity index (χ2n) is 2.54. The van der Waals surface area contributed by atoms with Crippen molar-refractivity contribution >= 4 is 23.2 Å². The molecule has 0 saturated heterocycles. The first-order valence-electron chi connectivity index (χ1n) is 3.63. The fourth-order valence-electron chi connectivity index (χ4n) is 0.897. The normalized spacial score (nSPS) is 13.0. The lowest BCUT2D eigenvalue weighted by molar-refractivity contribution is 0.650. The predicted molar refractivity (Wildman–Crippen MR) is 51.7 cm³/mol. The highest BCUT2D eigenvalue weighted by atomic mass is 35.5. The first-order chi connectivity index (χ1) is 5.65. The second-order valence-corrected chi connectivity index (χ2v) is 3.34. The molecule has 1 unspecified atom stereocenters. The third kappa shape index (κ3) is 2.09. The molecule has 1 aromatic heterocycles. The van der Waals surface area contributed by atoms with Crippen molar-refractivity contribution < 1.29 is 0 Å². The minimum Gasteiger partial charge on any atom is -0.313 e. The number of hydrogen-bond donors (Lipinski definition) is 1. The van der Waals surface area contributed by atoms with Crippen molar-refractivity contribution in [1.29, 1.82) is 0 Å². The topological polar surface area (TPSA) is 24.9 Å². The Balaban J connectivity index is 3.04. The van der Waals surface area contributed by atoms with E-state index >= 15 is 0 Å². The maximum atomic E-state index is 5.86. The Hall–Kier alpha value is -0.310. The van der Waals surface area contributed by atoms with Crippen LogP contribution in [0.1, 0.15) is 18.5 Å². The van der Waals surface area contributed by atoms with E-state index in [1.165, 1.54) is 6.20 Å². The predicted octanol–water partition coefficient (Wildman–Crippen LogP) is 2.67. The summed E-state index contributed by atoms with van der Waals surface area (Å²) in [6, 6.07) is 1.99. The molecule has 2 nitrogen and oxygen atoms in total. The lowest BCUT2D eigenvalue weighted by Crippen LogP contribution is -2.13. The van der Waals surface area contributed by atoms with Gasteiger partial charge in [0.15, 0.2) is 0 Å². The summed E-state index contributed by atoms with van der Waals surface area (Å²) in [4.78, 5) is 3.94. The second kappa shape index (κ2) is 4.08. The van der Waals surface area contributed by atoms with Crippen molar-refractivity contribution in [3.63, 3.8) is 0 Å². The number of nitrogens with one attached hydrogen (secondary N) is 1. The summed E-state index contributed by atoms with van der Waals surface area (Å²) < 4.78 is 0. The van der Waals surface area contributed by atoms with Crippen LogP contribution in [0, 0.1) is 0 Å². The molecule has 1 atom stereocenters. The van der Waals surface area contributed by atoms with Gasteiger partial charge in [-0.15, -0.1) is 0 Å². The summed E-state index contributed by atoms with van der Waals surface area (Å²) in [5.41, 5.74) is 0.923. The first-order valence-corrected chi connectivity index (χ1v) is 4.39. The molecule has 12 heavy (non-hydrogen) atoms. The maximum Gasteiger partial charge on any atom is 0.133 e. The SMILES string of the molecule is CNC(C)c1cc(Cl)cnc1Cl. The zero-order chi connectivity index (χ0) is 9.14. The Morgan fingerprint density at radius 1 is 1.50 bits per heavy atom. The van der Waals surface area contributed by atoms with Gasteiger partial charge in [0, 0.05) is 17.8 Å². The number of nitrogens with zero attached hydrogens (tertiary/aromatic N) is 1. The molecular weight excluding hydrogens is 195 g/mol. The van der Waals surface area contributed by atoms with Crippen LogP contribution in [0.25, 0.3) is 0 Å². The first kappa shape index (κ1) is 9.78. The zero-order valence-corrected chi connectivity index (χ0v) is 8.45. The molecule has 0 aliphatic carbocycles. The fraction of sp³-hybridized carbons (Fsp3) is 0.375. The molecule has 0 bridgehead atoms. The third-order valence-electron chi connectivity index (χ3n) is 1.73. The lowest BCUT2D eigenvalue weighted by Gasteiger charge is -2.11. The van der Waals surface area contributed by atoms with Gasteiger partial charge in [-0.05, 0) is 20.0 Å². The van der Waals surface area contributed by atoms with Gasteiger partial charge >= 0.3 is 0 Å². The summed E-state index contributed by atoms with van der Waals surface area (Å²) in [6.45, 7) is 2.00. The molecule has 0 amide bonds. The molecule has 1 aromatic rings. The van der Waals surface area contributed by atoms with E-state index in [4.69, 9.17) is 23.2 Å². The van der Waals surface area contributed by atoms with Crippen molar-refractivity contribution in [2.24, 2.45) is 0 Å². The Morgan fingerprint density at radius 2 is 2.17 bits per heavy atom.